The van der Waals surface area contributed by atoms with Crippen LogP contribution in [0.2, 0.25) is 0 Å². The molecule has 0 spiro atoms. The maximum Gasteiger partial charge on any atom is 0.291 e. The lowest BCUT2D eigenvalue weighted by atomic mass is 10.0. The maximum atomic E-state index is 13.1. The molecule has 0 saturated carbocycles. The zero-order valence-electron chi connectivity index (χ0n) is 16.7. The first-order chi connectivity index (χ1) is 14.7. The van der Waals surface area contributed by atoms with Gasteiger partial charge >= 0.3 is 0 Å². The largest absolute Gasteiger partial charge is 0.459 e. The Morgan fingerprint density at radius 3 is 2.33 bits per heavy atom. The highest BCUT2D eigenvalue weighted by Gasteiger charge is 2.27. The number of hydrogen-bond acceptors (Lipinski definition) is 4. The van der Waals surface area contributed by atoms with Gasteiger partial charge in [0, 0.05) is 25.3 Å². The number of amides is 2. The molecule has 1 saturated heterocycles. The van der Waals surface area contributed by atoms with Gasteiger partial charge in [0.25, 0.3) is 5.91 Å². The number of furan rings is 1. The fourth-order valence-corrected chi connectivity index (χ4v) is 3.64. The van der Waals surface area contributed by atoms with Gasteiger partial charge in [-0.05, 0) is 48.2 Å². The number of anilines is 1. The van der Waals surface area contributed by atoms with Crippen LogP contribution in [0.4, 0.5) is 5.69 Å². The fraction of sp³-hybridized carbons (Fsp3) is 0.250. The van der Waals surface area contributed by atoms with E-state index in [9.17, 15) is 9.59 Å². The monoisotopic (exact) mass is 403 g/mol. The van der Waals surface area contributed by atoms with Crippen molar-refractivity contribution in [2.24, 2.45) is 0 Å². The number of rotatable bonds is 7. The highest BCUT2D eigenvalue weighted by Crippen LogP contribution is 2.20. The van der Waals surface area contributed by atoms with Crippen LogP contribution in [0.3, 0.4) is 0 Å². The molecule has 2 amide bonds. The molecule has 1 aliphatic heterocycles. The zero-order chi connectivity index (χ0) is 20.8. The normalized spacial score (nSPS) is 14.5. The van der Waals surface area contributed by atoms with Crippen LogP contribution in [0.1, 0.15) is 40.6 Å². The quantitative estimate of drug-likeness (QED) is 0.626. The topological polar surface area (TPSA) is 74.6 Å². The molecule has 2 heterocycles. The molecule has 6 nitrogen and oxygen atoms in total. The van der Waals surface area contributed by atoms with Gasteiger partial charge in [0.05, 0.1) is 6.26 Å². The molecular weight excluding hydrogens is 378 g/mol. The summed E-state index contributed by atoms with van der Waals surface area (Å²) in [6.07, 6.45) is 3.60. The van der Waals surface area contributed by atoms with Gasteiger partial charge in [-0.25, -0.2) is 0 Å². The van der Waals surface area contributed by atoms with Crippen molar-refractivity contribution >= 4 is 17.5 Å². The summed E-state index contributed by atoms with van der Waals surface area (Å²) in [5.41, 5.74) is 2.69. The van der Waals surface area contributed by atoms with Crippen molar-refractivity contribution in [1.29, 1.82) is 0 Å². The lowest BCUT2D eigenvalue weighted by molar-refractivity contribution is -0.132. The second kappa shape index (κ2) is 9.41. The highest BCUT2D eigenvalue weighted by molar-refractivity contribution is 6.02. The molecule has 0 aliphatic carbocycles. The van der Waals surface area contributed by atoms with Gasteiger partial charge in [-0.3, -0.25) is 14.9 Å². The third kappa shape index (κ3) is 4.78. The molecule has 3 aromatic rings. The van der Waals surface area contributed by atoms with Gasteiger partial charge < -0.3 is 14.6 Å². The van der Waals surface area contributed by atoms with Crippen LogP contribution in [-0.4, -0.2) is 29.8 Å². The molecule has 2 aromatic carbocycles. The first kappa shape index (κ1) is 19.9. The minimum atomic E-state index is -0.373. The van der Waals surface area contributed by atoms with Crippen molar-refractivity contribution in [3.8, 4) is 0 Å². The van der Waals surface area contributed by atoms with Crippen molar-refractivity contribution in [2.75, 3.05) is 18.4 Å². The van der Waals surface area contributed by atoms with Gasteiger partial charge in [0.2, 0.25) is 5.91 Å². The van der Waals surface area contributed by atoms with E-state index in [0.29, 0.717) is 12.2 Å². The van der Waals surface area contributed by atoms with Gasteiger partial charge in [-0.15, -0.1) is 0 Å². The molecule has 154 valence electrons. The summed E-state index contributed by atoms with van der Waals surface area (Å²) in [5, 5.41) is 6.22. The molecule has 0 radical (unpaired) electrons. The van der Waals surface area contributed by atoms with Crippen LogP contribution in [-0.2, 0) is 11.3 Å². The Kier molecular flexibility index (Phi) is 6.25. The Balaban J connectivity index is 1.40. The minimum absolute atomic E-state index is 0.126. The summed E-state index contributed by atoms with van der Waals surface area (Å²) in [5.74, 6) is 0.110. The highest BCUT2D eigenvalue weighted by atomic mass is 16.3. The SMILES string of the molecule is O=C(Nc1ccc(CNC(C(=O)N2CCCC2)c2ccccc2)cc1)c1ccco1. The Morgan fingerprint density at radius 1 is 0.933 bits per heavy atom. The molecule has 0 bridgehead atoms. The first-order valence-corrected chi connectivity index (χ1v) is 10.2. The number of nitrogens with zero attached hydrogens (tertiary/aromatic N) is 1. The molecule has 30 heavy (non-hydrogen) atoms. The van der Waals surface area contributed by atoms with Gasteiger partial charge in [0.1, 0.15) is 6.04 Å². The number of nitrogens with one attached hydrogen (secondary N) is 2. The van der Waals surface area contributed by atoms with Crippen LogP contribution < -0.4 is 10.6 Å². The number of carbonyl (C=O) groups is 2. The Morgan fingerprint density at radius 2 is 1.67 bits per heavy atom. The third-order valence-corrected chi connectivity index (χ3v) is 5.26. The van der Waals surface area contributed by atoms with E-state index in [1.165, 1.54) is 6.26 Å². The van der Waals surface area contributed by atoms with Crippen LogP contribution in [0.25, 0.3) is 0 Å². The van der Waals surface area contributed by atoms with E-state index in [1.807, 2.05) is 59.5 Å². The lowest BCUT2D eigenvalue weighted by Gasteiger charge is -2.24. The molecular formula is C24H25N3O3. The second-order valence-electron chi connectivity index (χ2n) is 7.39. The summed E-state index contributed by atoms with van der Waals surface area (Å²) in [4.78, 5) is 27.1. The third-order valence-electron chi connectivity index (χ3n) is 5.26. The Hall–Kier alpha value is -3.38. The van der Waals surface area contributed by atoms with Crippen molar-refractivity contribution in [3.63, 3.8) is 0 Å². The summed E-state index contributed by atoms with van der Waals surface area (Å²) < 4.78 is 5.10. The zero-order valence-corrected chi connectivity index (χ0v) is 16.7. The summed E-state index contributed by atoms with van der Waals surface area (Å²) in [6, 6.07) is 20.3. The van der Waals surface area contributed by atoms with Crippen LogP contribution in [0, 0.1) is 0 Å². The fourth-order valence-electron chi connectivity index (χ4n) is 3.64. The van der Waals surface area contributed by atoms with E-state index >= 15 is 0 Å². The molecule has 1 unspecified atom stereocenters. The van der Waals surface area contributed by atoms with E-state index in [4.69, 9.17) is 4.42 Å². The molecule has 1 aromatic heterocycles. The smallest absolute Gasteiger partial charge is 0.291 e. The summed E-state index contributed by atoms with van der Waals surface area (Å²) in [7, 11) is 0. The summed E-state index contributed by atoms with van der Waals surface area (Å²) in [6.45, 7) is 2.20. The van der Waals surface area contributed by atoms with Crippen molar-refractivity contribution in [1.82, 2.24) is 10.2 Å². The van der Waals surface area contributed by atoms with Crippen LogP contribution in [0.15, 0.2) is 77.4 Å². The molecule has 4 rings (SSSR count). The minimum Gasteiger partial charge on any atom is -0.459 e. The van der Waals surface area contributed by atoms with E-state index in [0.717, 1.165) is 37.1 Å². The van der Waals surface area contributed by atoms with Gasteiger partial charge in [0.15, 0.2) is 5.76 Å². The lowest BCUT2D eigenvalue weighted by Crippen LogP contribution is -2.39. The molecule has 6 heteroatoms. The predicted octanol–water partition coefficient (Wildman–Crippen LogP) is 3.99. The molecule has 1 atom stereocenters. The Bertz CT molecular complexity index is 963. The average Bonchev–Trinajstić information content (AvgIpc) is 3.50. The van der Waals surface area contributed by atoms with Gasteiger partial charge in [-0.1, -0.05) is 42.5 Å². The van der Waals surface area contributed by atoms with Crippen LogP contribution >= 0.6 is 0 Å². The van der Waals surface area contributed by atoms with E-state index in [1.54, 1.807) is 12.1 Å². The Labute approximate surface area is 175 Å². The number of benzene rings is 2. The van der Waals surface area contributed by atoms with Crippen LogP contribution in [0.5, 0.6) is 0 Å². The second-order valence-corrected chi connectivity index (χ2v) is 7.39. The predicted molar refractivity (Wildman–Crippen MR) is 115 cm³/mol. The van der Waals surface area contributed by atoms with Crippen molar-refractivity contribution in [3.05, 3.63) is 89.9 Å². The standard InChI is InChI=1S/C24H25N3O3/c28-23(21-9-6-16-30-21)26-20-12-10-18(11-13-20)17-25-22(19-7-2-1-3-8-19)24(29)27-14-4-5-15-27/h1-3,6-13,16,22,25H,4-5,14-15,17H2,(H,26,28). The van der Waals surface area contributed by atoms with Gasteiger partial charge in [-0.2, -0.15) is 0 Å². The number of likely N-dealkylation sites (tertiary alicyclic amines) is 1. The molecule has 2 N–H and O–H groups in total. The number of carbonyl (C=O) groups excluding carboxylic acids is 2. The first-order valence-electron chi connectivity index (χ1n) is 10.2. The van der Waals surface area contributed by atoms with E-state index in [-0.39, 0.29) is 23.6 Å². The van der Waals surface area contributed by atoms with Crippen molar-refractivity contribution in [2.45, 2.75) is 25.4 Å². The average molecular weight is 403 g/mol. The molecule has 1 aliphatic rings. The molecule has 1 fully saturated rings. The van der Waals surface area contributed by atoms with E-state index in [2.05, 4.69) is 10.6 Å². The summed E-state index contributed by atoms with van der Waals surface area (Å²) >= 11 is 0. The van der Waals surface area contributed by atoms with E-state index < -0.39 is 0 Å². The van der Waals surface area contributed by atoms with Crippen molar-refractivity contribution < 1.29 is 14.0 Å². The number of hydrogen-bond donors (Lipinski definition) is 2. The maximum absolute atomic E-state index is 13.1.